The lowest BCUT2D eigenvalue weighted by Crippen LogP contribution is -2.12. The lowest BCUT2D eigenvalue weighted by atomic mass is 10.1. The second kappa shape index (κ2) is 10.3. The molecule has 0 amide bonds. The molecule has 0 radical (unpaired) electrons. The zero-order valence-corrected chi connectivity index (χ0v) is 20.2. The highest BCUT2D eigenvalue weighted by molar-refractivity contribution is 7.92. The highest BCUT2D eigenvalue weighted by atomic mass is 32.2. The summed E-state index contributed by atoms with van der Waals surface area (Å²) in [6.45, 7) is 0. The van der Waals surface area contributed by atoms with E-state index in [1.807, 2.05) is 0 Å². The molecule has 0 aliphatic rings. The van der Waals surface area contributed by atoms with Crippen molar-refractivity contribution in [3.63, 3.8) is 0 Å². The van der Waals surface area contributed by atoms with Gasteiger partial charge in [0.1, 0.15) is 5.82 Å². The van der Waals surface area contributed by atoms with Crippen LogP contribution >= 0.6 is 0 Å². The molecule has 0 spiro atoms. The van der Waals surface area contributed by atoms with Gasteiger partial charge in [-0.1, -0.05) is 30.3 Å². The van der Waals surface area contributed by atoms with Crippen molar-refractivity contribution in [1.82, 2.24) is 9.97 Å². The summed E-state index contributed by atoms with van der Waals surface area (Å²) in [5.41, 5.74) is 2.50. The molecular formula is C25H24N4O5S. The largest absolute Gasteiger partial charge is 0.493 e. The number of anilines is 3. The van der Waals surface area contributed by atoms with Gasteiger partial charge >= 0.3 is 0 Å². The first-order valence-corrected chi connectivity index (χ1v) is 12.0. The van der Waals surface area contributed by atoms with Crippen molar-refractivity contribution in [3.8, 4) is 28.5 Å². The Balaban J connectivity index is 1.54. The van der Waals surface area contributed by atoms with E-state index in [-0.39, 0.29) is 4.90 Å². The first kappa shape index (κ1) is 23.8. The Morgan fingerprint density at radius 3 is 2.03 bits per heavy atom. The van der Waals surface area contributed by atoms with Crippen LogP contribution < -0.4 is 24.2 Å². The van der Waals surface area contributed by atoms with Crippen molar-refractivity contribution in [2.24, 2.45) is 0 Å². The van der Waals surface area contributed by atoms with E-state index >= 15 is 0 Å². The average molecular weight is 493 g/mol. The van der Waals surface area contributed by atoms with Crippen LogP contribution in [0.25, 0.3) is 11.3 Å². The van der Waals surface area contributed by atoms with Crippen LogP contribution in [0, 0.1) is 0 Å². The summed E-state index contributed by atoms with van der Waals surface area (Å²) in [5.74, 6) is 2.01. The minimum absolute atomic E-state index is 0.195. The van der Waals surface area contributed by atoms with Gasteiger partial charge < -0.3 is 19.5 Å². The molecule has 3 aromatic carbocycles. The van der Waals surface area contributed by atoms with Crippen molar-refractivity contribution < 1.29 is 22.6 Å². The van der Waals surface area contributed by atoms with Gasteiger partial charge in [-0.15, -0.1) is 0 Å². The van der Waals surface area contributed by atoms with Gasteiger partial charge in [0.25, 0.3) is 10.0 Å². The molecule has 0 saturated carbocycles. The van der Waals surface area contributed by atoms with E-state index in [4.69, 9.17) is 14.2 Å². The fourth-order valence-corrected chi connectivity index (χ4v) is 4.47. The fourth-order valence-electron chi connectivity index (χ4n) is 3.39. The Morgan fingerprint density at radius 1 is 0.771 bits per heavy atom. The molecule has 10 heteroatoms. The molecule has 1 heterocycles. The van der Waals surface area contributed by atoms with Crippen LogP contribution in [0.15, 0.2) is 84.0 Å². The predicted molar refractivity (Wildman–Crippen MR) is 134 cm³/mol. The molecule has 0 aliphatic carbocycles. The lowest BCUT2D eigenvalue weighted by Gasteiger charge is -2.15. The van der Waals surface area contributed by atoms with Gasteiger partial charge in [0.15, 0.2) is 11.5 Å². The molecule has 0 atom stereocenters. The number of hydrogen-bond acceptors (Lipinski definition) is 8. The summed E-state index contributed by atoms with van der Waals surface area (Å²) in [7, 11) is 0.969. The number of methoxy groups -OCH3 is 3. The number of aromatic nitrogens is 2. The maximum Gasteiger partial charge on any atom is 0.261 e. The summed E-state index contributed by atoms with van der Waals surface area (Å²) in [6.07, 6.45) is 3.22. The Hall–Kier alpha value is -4.31. The normalized spacial score (nSPS) is 10.9. The second-order valence-electron chi connectivity index (χ2n) is 7.32. The second-order valence-corrected chi connectivity index (χ2v) is 9.01. The average Bonchev–Trinajstić information content (AvgIpc) is 2.89. The van der Waals surface area contributed by atoms with Crippen molar-refractivity contribution in [3.05, 3.63) is 79.1 Å². The van der Waals surface area contributed by atoms with E-state index < -0.39 is 10.0 Å². The van der Waals surface area contributed by atoms with E-state index in [1.165, 1.54) is 0 Å². The molecule has 0 aliphatic heterocycles. The smallest absolute Gasteiger partial charge is 0.261 e. The number of ether oxygens (including phenoxy) is 3. The number of benzene rings is 3. The van der Waals surface area contributed by atoms with Crippen LogP contribution in [0.3, 0.4) is 0 Å². The lowest BCUT2D eigenvalue weighted by molar-refractivity contribution is 0.324. The van der Waals surface area contributed by atoms with E-state index in [2.05, 4.69) is 20.0 Å². The molecule has 0 fully saturated rings. The van der Waals surface area contributed by atoms with Gasteiger partial charge in [0, 0.05) is 29.1 Å². The van der Waals surface area contributed by atoms with E-state index in [1.54, 1.807) is 100 Å². The molecule has 180 valence electrons. The van der Waals surface area contributed by atoms with Gasteiger partial charge in [0.05, 0.1) is 44.3 Å². The van der Waals surface area contributed by atoms with Gasteiger partial charge in [-0.25, -0.2) is 13.4 Å². The van der Waals surface area contributed by atoms with E-state index in [0.717, 1.165) is 5.56 Å². The number of hydrogen-bond donors (Lipinski definition) is 2. The van der Waals surface area contributed by atoms with Gasteiger partial charge in [0.2, 0.25) is 5.75 Å². The fraction of sp³-hybridized carbons (Fsp3) is 0.120. The molecule has 4 aromatic rings. The molecule has 1 aromatic heterocycles. The number of nitrogens with zero attached hydrogens (tertiary/aromatic N) is 2. The van der Waals surface area contributed by atoms with Gasteiger partial charge in [-0.3, -0.25) is 9.71 Å². The monoisotopic (exact) mass is 492 g/mol. The third kappa shape index (κ3) is 5.44. The summed E-state index contributed by atoms with van der Waals surface area (Å²) in [4.78, 5) is 9.09. The van der Waals surface area contributed by atoms with Gasteiger partial charge in [-0.05, 0) is 24.3 Å². The first-order chi connectivity index (χ1) is 16.9. The third-order valence-electron chi connectivity index (χ3n) is 5.06. The highest BCUT2D eigenvalue weighted by Gasteiger charge is 2.15. The van der Waals surface area contributed by atoms with Crippen LogP contribution in [0.4, 0.5) is 17.2 Å². The Bertz CT molecular complexity index is 1390. The van der Waals surface area contributed by atoms with E-state index in [9.17, 15) is 8.42 Å². The first-order valence-electron chi connectivity index (χ1n) is 10.5. The van der Waals surface area contributed by atoms with Gasteiger partial charge in [-0.2, -0.15) is 0 Å². The topological polar surface area (TPSA) is 112 Å². The van der Waals surface area contributed by atoms with Crippen molar-refractivity contribution in [2.75, 3.05) is 31.4 Å². The molecule has 9 nitrogen and oxygen atoms in total. The van der Waals surface area contributed by atoms with Crippen LogP contribution in [-0.4, -0.2) is 39.7 Å². The van der Waals surface area contributed by atoms with Crippen LogP contribution in [0.5, 0.6) is 17.2 Å². The van der Waals surface area contributed by atoms with Crippen molar-refractivity contribution >= 4 is 27.2 Å². The quantitative estimate of drug-likeness (QED) is 0.345. The highest BCUT2D eigenvalue weighted by Crippen LogP contribution is 2.40. The third-order valence-corrected chi connectivity index (χ3v) is 6.46. The molecule has 35 heavy (non-hydrogen) atoms. The standard InChI is InChI=1S/C25H24N4O5S/c1-32-22-13-19(14-23(33-2)25(22)34-3)27-24-16-26-15-21(28-24)17-9-11-18(12-10-17)29-35(30,31)20-7-5-4-6-8-20/h4-16,29H,1-3H3,(H,27,28). The van der Waals surface area contributed by atoms with Crippen molar-refractivity contribution in [2.45, 2.75) is 4.90 Å². The Labute approximate surface area is 203 Å². The Morgan fingerprint density at radius 2 is 1.43 bits per heavy atom. The number of rotatable bonds is 9. The van der Waals surface area contributed by atoms with Crippen molar-refractivity contribution in [1.29, 1.82) is 0 Å². The molecule has 2 N–H and O–H groups in total. The molecule has 0 saturated heterocycles. The minimum atomic E-state index is -3.67. The molecular weight excluding hydrogens is 468 g/mol. The molecule has 4 rings (SSSR count). The van der Waals surface area contributed by atoms with E-state index in [0.29, 0.717) is 40.1 Å². The molecule has 0 unspecified atom stereocenters. The summed E-state index contributed by atoms with van der Waals surface area (Å²) in [6, 6.07) is 18.6. The zero-order chi connectivity index (χ0) is 24.8. The number of nitrogens with one attached hydrogen (secondary N) is 2. The summed E-state index contributed by atoms with van der Waals surface area (Å²) >= 11 is 0. The summed E-state index contributed by atoms with van der Waals surface area (Å²) in [5, 5.41) is 3.19. The zero-order valence-electron chi connectivity index (χ0n) is 19.3. The number of sulfonamides is 1. The van der Waals surface area contributed by atoms with Crippen LogP contribution in [0.1, 0.15) is 0 Å². The Kier molecular flexibility index (Phi) is 7.02. The van der Waals surface area contributed by atoms with Crippen LogP contribution in [0.2, 0.25) is 0 Å². The predicted octanol–water partition coefficient (Wildman–Crippen LogP) is 4.71. The SMILES string of the molecule is COc1cc(Nc2cncc(-c3ccc(NS(=O)(=O)c4ccccc4)cc3)n2)cc(OC)c1OC. The maximum absolute atomic E-state index is 12.5. The maximum atomic E-state index is 12.5. The minimum Gasteiger partial charge on any atom is -0.493 e. The molecule has 0 bridgehead atoms. The summed E-state index contributed by atoms with van der Waals surface area (Å²) < 4.78 is 43.8. The van der Waals surface area contributed by atoms with Crippen LogP contribution in [-0.2, 0) is 10.0 Å².